The molecular weight excluding hydrogens is 292 g/mol. The quantitative estimate of drug-likeness (QED) is 0.860. The van der Waals surface area contributed by atoms with Crippen LogP contribution in [0.1, 0.15) is 25.0 Å². The molecule has 1 N–H and O–H groups in total. The van der Waals surface area contributed by atoms with Crippen LogP contribution in [0, 0.1) is 24.2 Å². The lowest BCUT2D eigenvalue weighted by Gasteiger charge is -2.23. The smallest absolute Gasteiger partial charge is 0.318 e. The lowest BCUT2D eigenvalue weighted by atomic mass is 10.2. The van der Waals surface area contributed by atoms with Crippen LogP contribution in [0.4, 0.5) is 0 Å². The number of nitriles is 1. The van der Waals surface area contributed by atoms with Crippen LogP contribution in [-0.2, 0) is 14.8 Å². The van der Waals surface area contributed by atoms with Crippen LogP contribution in [0.25, 0.3) is 0 Å². The van der Waals surface area contributed by atoms with Crippen molar-refractivity contribution in [3.05, 3.63) is 29.3 Å². The van der Waals surface area contributed by atoms with Crippen molar-refractivity contribution in [2.75, 3.05) is 13.1 Å². The number of hydrogen-bond acceptors (Lipinski definition) is 4. The van der Waals surface area contributed by atoms with Gasteiger partial charge in [-0.05, 0) is 30.5 Å². The lowest BCUT2D eigenvalue weighted by molar-refractivity contribution is -0.137. The maximum Gasteiger partial charge on any atom is 0.318 e. The zero-order chi connectivity index (χ0) is 16.2. The number of benzene rings is 1. The monoisotopic (exact) mass is 310 g/mol. The Hall–Kier alpha value is -1.91. The maximum atomic E-state index is 12.6. The Labute approximate surface area is 124 Å². The van der Waals surface area contributed by atoms with Gasteiger partial charge >= 0.3 is 5.97 Å². The molecule has 0 saturated carbocycles. The molecule has 0 spiro atoms. The molecule has 0 atom stereocenters. The van der Waals surface area contributed by atoms with Gasteiger partial charge in [-0.15, -0.1) is 0 Å². The second-order valence-corrected chi connectivity index (χ2v) is 7.08. The fourth-order valence-corrected chi connectivity index (χ4v) is 3.70. The van der Waals surface area contributed by atoms with Crippen LogP contribution in [0.5, 0.6) is 0 Å². The number of sulfonamides is 1. The van der Waals surface area contributed by atoms with E-state index in [9.17, 15) is 13.2 Å². The van der Waals surface area contributed by atoms with Crippen molar-refractivity contribution in [3.63, 3.8) is 0 Å². The summed E-state index contributed by atoms with van der Waals surface area (Å²) in [6.07, 6.45) is 0. The van der Waals surface area contributed by atoms with Gasteiger partial charge in [-0.25, -0.2) is 8.42 Å². The van der Waals surface area contributed by atoms with Gasteiger partial charge in [0, 0.05) is 6.54 Å². The number of carbonyl (C=O) groups is 1. The average molecular weight is 310 g/mol. The van der Waals surface area contributed by atoms with Crippen molar-refractivity contribution in [1.29, 1.82) is 5.26 Å². The minimum atomic E-state index is -3.95. The number of hydrogen-bond donors (Lipinski definition) is 1. The van der Waals surface area contributed by atoms with E-state index in [1.165, 1.54) is 12.1 Å². The van der Waals surface area contributed by atoms with Gasteiger partial charge in [-0.2, -0.15) is 9.57 Å². The van der Waals surface area contributed by atoms with Gasteiger partial charge in [0.05, 0.1) is 16.5 Å². The molecule has 0 saturated heterocycles. The van der Waals surface area contributed by atoms with Crippen LogP contribution >= 0.6 is 0 Å². The Bertz CT molecular complexity index is 675. The van der Waals surface area contributed by atoms with Gasteiger partial charge < -0.3 is 5.11 Å². The molecule has 0 fully saturated rings. The molecule has 1 rings (SSSR count). The van der Waals surface area contributed by atoms with E-state index in [2.05, 4.69) is 0 Å². The summed E-state index contributed by atoms with van der Waals surface area (Å²) in [5, 5.41) is 17.8. The van der Waals surface area contributed by atoms with Crippen molar-refractivity contribution in [3.8, 4) is 6.07 Å². The third-order valence-electron chi connectivity index (χ3n) is 2.82. The molecule has 1 aromatic rings. The first-order valence-electron chi connectivity index (χ1n) is 6.41. The summed E-state index contributed by atoms with van der Waals surface area (Å²) in [6.45, 7) is 4.73. The maximum absolute atomic E-state index is 12.6. The number of aliphatic carboxylic acids is 1. The summed E-state index contributed by atoms with van der Waals surface area (Å²) >= 11 is 0. The van der Waals surface area contributed by atoms with E-state index in [0.717, 1.165) is 4.31 Å². The molecule has 0 amide bonds. The molecule has 0 heterocycles. The number of carboxylic acid groups (broad SMARTS) is 1. The van der Waals surface area contributed by atoms with Gasteiger partial charge in [-0.3, -0.25) is 4.79 Å². The molecule has 0 aliphatic rings. The van der Waals surface area contributed by atoms with E-state index in [1.54, 1.807) is 13.0 Å². The first-order valence-corrected chi connectivity index (χ1v) is 7.85. The van der Waals surface area contributed by atoms with E-state index in [-0.39, 0.29) is 22.9 Å². The normalized spacial score (nSPS) is 11.6. The summed E-state index contributed by atoms with van der Waals surface area (Å²) in [6, 6.07) is 6.23. The number of nitrogens with zero attached hydrogens (tertiary/aromatic N) is 2. The minimum absolute atomic E-state index is 0.0152. The molecule has 6 nitrogen and oxygen atoms in total. The van der Waals surface area contributed by atoms with E-state index in [4.69, 9.17) is 10.4 Å². The first-order chi connectivity index (χ1) is 9.68. The number of rotatable bonds is 6. The fraction of sp³-hybridized carbons (Fsp3) is 0.429. The second-order valence-electron chi connectivity index (χ2n) is 5.18. The highest BCUT2D eigenvalue weighted by atomic mass is 32.2. The van der Waals surface area contributed by atoms with Crippen molar-refractivity contribution in [2.24, 2.45) is 5.92 Å². The zero-order valence-electron chi connectivity index (χ0n) is 12.2. The van der Waals surface area contributed by atoms with E-state index < -0.39 is 22.5 Å². The first kappa shape index (κ1) is 17.1. The van der Waals surface area contributed by atoms with Crippen LogP contribution in [0.2, 0.25) is 0 Å². The van der Waals surface area contributed by atoms with Crippen LogP contribution in [0.3, 0.4) is 0 Å². The highest BCUT2D eigenvalue weighted by Gasteiger charge is 2.28. The van der Waals surface area contributed by atoms with Crippen molar-refractivity contribution >= 4 is 16.0 Å². The van der Waals surface area contributed by atoms with Crippen molar-refractivity contribution < 1.29 is 18.3 Å². The molecule has 7 heteroatoms. The molecule has 114 valence electrons. The van der Waals surface area contributed by atoms with E-state index in [1.807, 2.05) is 19.9 Å². The summed E-state index contributed by atoms with van der Waals surface area (Å²) in [5.74, 6) is -1.23. The molecule has 1 aromatic carbocycles. The third kappa shape index (κ3) is 4.28. The number of carboxylic acids is 1. The molecular formula is C14H18N2O4S. The standard InChI is InChI=1S/C14H18N2O4S/c1-10(2)8-16(9-14(17)18)21(19,20)13-6-12(7-15)5-4-11(13)3/h4-6,10H,8-9H2,1-3H3,(H,17,18). The summed E-state index contributed by atoms with van der Waals surface area (Å²) in [4.78, 5) is 10.9. The molecule has 0 radical (unpaired) electrons. The Morgan fingerprint density at radius 1 is 1.43 bits per heavy atom. The third-order valence-corrected chi connectivity index (χ3v) is 4.77. The largest absolute Gasteiger partial charge is 0.480 e. The number of aryl methyl sites for hydroxylation is 1. The van der Waals surface area contributed by atoms with Crippen LogP contribution in [-0.4, -0.2) is 36.9 Å². The minimum Gasteiger partial charge on any atom is -0.480 e. The van der Waals surface area contributed by atoms with Gasteiger partial charge in [-0.1, -0.05) is 19.9 Å². The molecule has 0 bridgehead atoms. The van der Waals surface area contributed by atoms with E-state index >= 15 is 0 Å². The lowest BCUT2D eigenvalue weighted by Crippen LogP contribution is -2.38. The molecule has 0 aliphatic heterocycles. The topological polar surface area (TPSA) is 98.5 Å². The predicted molar refractivity (Wildman–Crippen MR) is 77.1 cm³/mol. The summed E-state index contributed by atoms with van der Waals surface area (Å²) in [5.41, 5.74) is 0.701. The Balaban J connectivity index is 3.34. The highest BCUT2D eigenvalue weighted by molar-refractivity contribution is 7.89. The second kappa shape index (κ2) is 6.70. The molecule has 21 heavy (non-hydrogen) atoms. The Morgan fingerprint density at radius 3 is 2.52 bits per heavy atom. The van der Waals surface area contributed by atoms with Gasteiger partial charge in [0.15, 0.2) is 0 Å². The van der Waals surface area contributed by atoms with Crippen LogP contribution in [0.15, 0.2) is 23.1 Å². The van der Waals surface area contributed by atoms with Crippen LogP contribution < -0.4 is 0 Å². The van der Waals surface area contributed by atoms with Gasteiger partial charge in [0.1, 0.15) is 6.54 Å². The predicted octanol–water partition coefficient (Wildman–Crippen LogP) is 1.60. The van der Waals surface area contributed by atoms with Crippen molar-refractivity contribution in [2.45, 2.75) is 25.7 Å². The molecule has 0 aromatic heterocycles. The van der Waals surface area contributed by atoms with E-state index in [0.29, 0.717) is 5.56 Å². The van der Waals surface area contributed by atoms with Crippen molar-refractivity contribution in [1.82, 2.24) is 4.31 Å². The summed E-state index contributed by atoms with van der Waals surface area (Å²) < 4.78 is 26.2. The summed E-state index contributed by atoms with van der Waals surface area (Å²) in [7, 11) is -3.95. The SMILES string of the molecule is Cc1ccc(C#N)cc1S(=O)(=O)N(CC(=O)O)CC(C)C. The Kier molecular flexibility index (Phi) is 5.47. The highest BCUT2D eigenvalue weighted by Crippen LogP contribution is 2.22. The molecule has 0 unspecified atom stereocenters. The fourth-order valence-electron chi connectivity index (χ4n) is 1.89. The van der Waals surface area contributed by atoms with Gasteiger partial charge in [0.2, 0.25) is 10.0 Å². The molecule has 0 aliphatic carbocycles. The average Bonchev–Trinajstić information content (AvgIpc) is 2.37. The zero-order valence-corrected chi connectivity index (χ0v) is 13.0. The Morgan fingerprint density at radius 2 is 2.05 bits per heavy atom. The van der Waals surface area contributed by atoms with Gasteiger partial charge in [0.25, 0.3) is 0 Å².